The van der Waals surface area contributed by atoms with Crippen molar-refractivity contribution in [3.8, 4) is 17.2 Å². The minimum Gasteiger partial charge on any atom is -0.491 e. The van der Waals surface area contributed by atoms with E-state index in [0.717, 1.165) is 44.2 Å². The van der Waals surface area contributed by atoms with E-state index in [1.807, 2.05) is 12.1 Å². The highest BCUT2D eigenvalue weighted by molar-refractivity contribution is 14.1. The van der Waals surface area contributed by atoms with Crippen molar-refractivity contribution in [3.63, 3.8) is 0 Å². The lowest BCUT2D eigenvalue weighted by Gasteiger charge is -2.33. The predicted octanol–water partition coefficient (Wildman–Crippen LogP) is 5.58. The number of halogens is 2. The standard InChI is InChI=1S/C29H28I2O6/c1-29(18-2-6-21(7-3-18)32-12-22-13-33-22,19-4-8-27(25(30)10-19)36-16-23-14-34-23)20-5-9-28(26(31)11-20)37-17-24-15-35-24/h2-11,22-24H,12-17H2,1H3. The maximum absolute atomic E-state index is 6.01. The number of rotatable bonds is 12. The molecular formula is C29H28I2O6. The highest BCUT2D eigenvalue weighted by atomic mass is 127. The van der Waals surface area contributed by atoms with Gasteiger partial charge in [-0.2, -0.15) is 0 Å². The number of epoxide rings is 3. The lowest BCUT2D eigenvalue weighted by atomic mass is 9.71. The van der Waals surface area contributed by atoms with Crippen molar-refractivity contribution in [3.05, 3.63) is 84.5 Å². The summed E-state index contributed by atoms with van der Waals surface area (Å²) < 4.78 is 35.9. The molecule has 3 aliphatic rings. The molecule has 0 bridgehead atoms. The average molecular weight is 726 g/mol. The van der Waals surface area contributed by atoms with Crippen LogP contribution in [0.1, 0.15) is 23.6 Å². The van der Waals surface area contributed by atoms with E-state index in [0.29, 0.717) is 19.8 Å². The molecule has 3 unspecified atom stereocenters. The molecule has 0 aliphatic carbocycles. The van der Waals surface area contributed by atoms with Crippen LogP contribution in [-0.4, -0.2) is 58.0 Å². The largest absolute Gasteiger partial charge is 0.491 e. The normalized spacial score (nSPS) is 23.2. The van der Waals surface area contributed by atoms with Crippen LogP contribution in [0.4, 0.5) is 0 Å². The van der Waals surface area contributed by atoms with E-state index in [1.54, 1.807) is 0 Å². The van der Waals surface area contributed by atoms with Crippen LogP contribution < -0.4 is 14.2 Å². The lowest BCUT2D eigenvalue weighted by molar-refractivity contribution is 0.261. The van der Waals surface area contributed by atoms with E-state index in [1.165, 1.54) is 16.7 Å². The third-order valence-electron chi connectivity index (χ3n) is 6.94. The Labute approximate surface area is 244 Å². The van der Waals surface area contributed by atoms with Gasteiger partial charge in [0, 0.05) is 5.41 Å². The van der Waals surface area contributed by atoms with Gasteiger partial charge in [-0.25, -0.2) is 0 Å². The van der Waals surface area contributed by atoms with Crippen molar-refractivity contribution in [1.82, 2.24) is 0 Å². The second kappa shape index (κ2) is 10.9. The topological polar surface area (TPSA) is 65.3 Å². The molecule has 3 atom stereocenters. The van der Waals surface area contributed by atoms with Crippen LogP contribution in [0.2, 0.25) is 0 Å². The van der Waals surface area contributed by atoms with Gasteiger partial charge in [-0.1, -0.05) is 24.3 Å². The first kappa shape index (κ1) is 25.7. The van der Waals surface area contributed by atoms with Crippen molar-refractivity contribution in [2.24, 2.45) is 0 Å². The lowest BCUT2D eigenvalue weighted by Crippen LogP contribution is -2.26. The van der Waals surface area contributed by atoms with Gasteiger partial charge in [0.1, 0.15) is 55.4 Å². The van der Waals surface area contributed by atoms with Gasteiger partial charge in [-0.15, -0.1) is 0 Å². The average Bonchev–Trinajstić information content (AvgIpc) is 3.76. The predicted molar refractivity (Wildman–Crippen MR) is 156 cm³/mol. The van der Waals surface area contributed by atoms with Gasteiger partial charge in [0.05, 0.1) is 27.0 Å². The molecule has 0 N–H and O–H groups in total. The molecule has 3 saturated heterocycles. The van der Waals surface area contributed by atoms with E-state index in [9.17, 15) is 0 Å². The summed E-state index contributed by atoms with van der Waals surface area (Å²) in [5.41, 5.74) is 3.13. The molecule has 3 aromatic rings. The van der Waals surface area contributed by atoms with Crippen molar-refractivity contribution >= 4 is 45.2 Å². The Bertz CT molecular complexity index is 1190. The van der Waals surface area contributed by atoms with Gasteiger partial charge >= 0.3 is 0 Å². The SMILES string of the molecule is CC(c1ccc(OCC2CO2)cc1)(c1ccc(OCC2CO2)c(I)c1)c1ccc(OCC2CO2)c(I)c1. The number of hydrogen-bond acceptors (Lipinski definition) is 6. The summed E-state index contributed by atoms with van der Waals surface area (Å²) in [4.78, 5) is 0. The molecule has 3 heterocycles. The summed E-state index contributed by atoms with van der Waals surface area (Å²) in [5.74, 6) is 2.62. The van der Waals surface area contributed by atoms with Crippen LogP contribution in [0.15, 0.2) is 60.7 Å². The Hall–Kier alpha value is -1.60. The van der Waals surface area contributed by atoms with Gasteiger partial charge < -0.3 is 28.4 Å². The summed E-state index contributed by atoms with van der Waals surface area (Å²) in [7, 11) is 0. The minimum absolute atomic E-state index is 0.224. The zero-order valence-corrected chi connectivity index (χ0v) is 24.8. The van der Waals surface area contributed by atoms with Crippen molar-refractivity contribution in [1.29, 1.82) is 0 Å². The second-order valence-electron chi connectivity index (χ2n) is 9.74. The molecule has 0 saturated carbocycles. The first-order chi connectivity index (χ1) is 18.0. The van der Waals surface area contributed by atoms with Gasteiger partial charge in [0.15, 0.2) is 0 Å². The fourth-order valence-electron chi connectivity index (χ4n) is 4.29. The van der Waals surface area contributed by atoms with Gasteiger partial charge in [0.2, 0.25) is 0 Å². The summed E-state index contributed by atoms with van der Waals surface area (Å²) >= 11 is 4.73. The summed E-state index contributed by atoms with van der Waals surface area (Å²) in [5, 5.41) is 0. The maximum Gasteiger partial charge on any atom is 0.132 e. The summed E-state index contributed by atoms with van der Waals surface area (Å²) in [6.07, 6.45) is 0.679. The van der Waals surface area contributed by atoms with E-state index >= 15 is 0 Å². The fraction of sp³-hybridized carbons (Fsp3) is 0.379. The number of hydrogen-bond donors (Lipinski definition) is 0. The Morgan fingerprint density at radius 2 is 1.05 bits per heavy atom. The maximum atomic E-state index is 6.01. The highest BCUT2D eigenvalue weighted by Crippen LogP contribution is 2.42. The molecule has 0 aromatic heterocycles. The van der Waals surface area contributed by atoms with E-state index in [-0.39, 0.29) is 18.3 Å². The van der Waals surface area contributed by atoms with Gasteiger partial charge in [0.25, 0.3) is 0 Å². The molecule has 3 aliphatic heterocycles. The molecular weight excluding hydrogens is 698 g/mol. The summed E-state index contributed by atoms with van der Waals surface area (Å²) in [6, 6.07) is 21.3. The molecule has 194 valence electrons. The van der Waals surface area contributed by atoms with E-state index in [4.69, 9.17) is 28.4 Å². The molecule has 37 heavy (non-hydrogen) atoms. The molecule has 6 rings (SSSR count). The van der Waals surface area contributed by atoms with Crippen LogP contribution in [0.25, 0.3) is 0 Å². The van der Waals surface area contributed by atoms with Crippen molar-refractivity contribution < 1.29 is 28.4 Å². The molecule has 0 spiro atoms. The van der Waals surface area contributed by atoms with E-state index in [2.05, 4.69) is 101 Å². The monoisotopic (exact) mass is 726 g/mol. The minimum atomic E-state index is -0.408. The quantitative estimate of drug-likeness (QED) is 0.138. The number of ether oxygens (including phenoxy) is 6. The summed E-state index contributed by atoms with van der Waals surface area (Å²) in [6.45, 7) is 6.39. The fourth-order valence-corrected chi connectivity index (χ4v) is 5.63. The second-order valence-corrected chi connectivity index (χ2v) is 12.1. The Kier molecular flexibility index (Phi) is 7.54. The smallest absolute Gasteiger partial charge is 0.132 e. The first-order valence-corrected chi connectivity index (χ1v) is 14.6. The zero-order valence-electron chi connectivity index (χ0n) is 20.5. The van der Waals surface area contributed by atoms with Gasteiger partial charge in [-0.05, 0) is 105 Å². The highest BCUT2D eigenvalue weighted by Gasteiger charge is 2.33. The molecule has 0 radical (unpaired) electrons. The Morgan fingerprint density at radius 1 is 0.649 bits per heavy atom. The third-order valence-corrected chi connectivity index (χ3v) is 8.63. The number of benzene rings is 3. The van der Waals surface area contributed by atoms with Crippen LogP contribution in [0.3, 0.4) is 0 Å². The molecule has 3 aromatic carbocycles. The van der Waals surface area contributed by atoms with Crippen LogP contribution >= 0.6 is 45.2 Å². The zero-order chi connectivity index (χ0) is 25.4. The Morgan fingerprint density at radius 3 is 1.46 bits per heavy atom. The molecule has 3 fully saturated rings. The van der Waals surface area contributed by atoms with Crippen LogP contribution in [-0.2, 0) is 19.6 Å². The first-order valence-electron chi connectivity index (χ1n) is 12.4. The van der Waals surface area contributed by atoms with E-state index < -0.39 is 5.41 Å². The third kappa shape index (κ3) is 6.19. The molecule has 0 amide bonds. The van der Waals surface area contributed by atoms with Crippen molar-refractivity contribution in [2.75, 3.05) is 39.6 Å². The van der Waals surface area contributed by atoms with Crippen LogP contribution in [0.5, 0.6) is 17.2 Å². The molecule has 6 nitrogen and oxygen atoms in total. The van der Waals surface area contributed by atoms with Crippen molar-refractivity contribution in [2.45, 2.75) is 30.7 Å². The Balaban J connectivity index is 1.32. The molecule has 8 heteroatoms. The van der Waals surface area contributed by atoms with Gasteiger partial charge in [-0.3, -0.25) is 0 Å². The van der Waals surface area contributed by atoms with Crippen LogP contribution in [0, 0.1) is 7.14 Å².